The number of rotatable bonds is 6. The van der Waals surface area contributed by atoms with Crippen LogP contribution < -0.4 is 10.1 Å². The van der Waals surface area contributed by atoms with Gasteiger partial charge in [-0.05, 0) is 60.0 Å². The number of allylic oxidation sites excluding steroid dienone is 1. The van der Waals surface area contributed by atoms with Crippen molar-refractivity contribution < 1.29 is 18.3 Å². The van der Waals surface area contributed by atoms with E-state index in [0.717, 1.165) is 32.8 Å². The van der Waals surface area contributed by atoms with Gasteiger partial charge in [-0.3, -0.25) is 4.79 Å². The summed E-state index contributed by atoms with van der Waals surface area (Å²) in [4.78, 5) is 12.7. The molecule has 5 rings (SSSR count). The fourth-order valence-electron chi connectivity index (χ4n) is 4.33. The number of carbonyl (C=O) groups excluding carboxylic acids is 1. The minimum atomic E-state index is -0.543. The van der Waals surface area contributed by atoms with Crippen LogP contribution in [-0.2, 0) is 4.79 Å². The smallest absolute Gasteiger partial charge is 0.248 e. The molecule has 1 N–H and O–H groups in total. The number of hydrogen-bond acceptors (Lipinski definition) is 3. The second kappa shape index (κ2) is 9.88. The second-order valence-corrected chi connectivity index (χ2v) is 8.81. The number of fused-ring (bicyclic) bond motifs is 2. The number of benzene rings is 4. The normalized spacial score (nSPS) is 11.7. The predicted octanol–water partition coefficient (Wildman–Crippen LogP) is 8.49. The van der Waals surface area contributed by atoms with E-state index in [-0.39, 0.29) is 10.9 Å². The highest BCUT2D eigenvalue weighted by Gasteiger charge is 2.16. The van der Waals surface area contributed by atoms with Gasteiger partial charge in [0.2, 0.25) is 5.91 Å². The molecule has 0 atom stereocenters. The summed E-state index contributed by atoms with van der Waals surface area (Å²) in [7, 11) is 0. The number of amides is 1. The van der Waals surface area contributed by atoms with Crippen LogP contribution in [0.1, 0.15) is 19.4 Å². The summed E-state index contributed by atoms with van der Waals surface area (Å²) in [5.74, 6) is -0.285. The van der Waals surface area contributed by atoms with Crippen molar-refractivity contribution in [2.45, 2.75) is 13.8 Å². The third-order valence-electron chi connectivity index (χ3n) is 6.01. The third kappa shape index (κ3) is 4.58. The maximum atomic E-state index is 13.4. The Hall–Kier alpha value is -4.09. The maximum Gasteiger partial charge on any atom is 0.248 e. The highest BCUT2D eigenvalue weighted by Crippen LogP contribution is 2.39. The first-order chi connectivity index (χ1) is 17.4. The van der Waals surface area contributed by atoms with Crippen molar-refractivity contribution in [2.24, 2.45) is 0 Å². The molecule has 0 aliphatic carbocycles. The molecule has 0 saturated carbocycles. The zero-order valence-corrected chi connectivity index (χ0v) is 20.5. The van der Waals surface area contributed by atoms with Crippen LogP contribution in [0.25, 0.3) is 38.4 Å². The van der Waals surface area contributed by atoms with Gasteiger partial charge in [0.05, 0.1) is 17.9 Å². The fraction of sp³-hybridized carbons (Fsp3) is 0.100. The average molecular weight is 500 g/mol. The molecule has 1 heterocycles. The first kappa shape index (κ1) is 23.6. The number of hydrogen-bond donors (Lipinski definition) is 1. The zero-order valence-electron chi connectivity index (χ0n) is 19.8. The van der Waals surface area contributed by atoms with Crippen LogP contribution in [-0.4, -0.2) is 12.5 Å². The van der Waals surface area contributed by atoms with Crippen molar-refractivity contribution in [1.29, 1.82) is 0 Å². The number of carbonyl (C=O) groups is 1. The van der Waals surface area contributed by atoms with Gasteiger partial charge in [-0.15, -0.1) is 0 Å². The Morgan fingerprint density at radius 1 is 1.03 bits per heavy atom. The number of halogens is 2. The van der Waals surface area contributed by atoms with Crippen molar-refractivity contribution in [3.05, 3.63) is 102 Å². The standard InChI is InChI=1S/C30H23ClFNO3/c1-3-35-28-16-29-24(25(17-36-29)22-10-6-8-19-7-4-5-9-21(19)22)15-23(28)18(2)13-30(34)33-20-11-12-27(32)26(31)14-20/h4-17H,3H2,1-2H3,(H,33,34)/b18-13+. The molecule has 4 aromatic carbocycles. The van der Waals surface area contributed by atoms with Gasteiger partial charge in [-0.25, -0.2) is 4.39 Å². The summed E-state index contributed by atoms with van der Waals surface area (Å²) in [5, 5.41) is 5.86. The van der Waals surface area contributed by atoms with Crippen molar-refractivity contribution in [3.8, 4) is 16.9 Å². The monoisotopic (exact) mass is 499 g/mol. The molecule has 1 amide bonds. The molecule has 36 heavy (non-hydrogen) atoms. The van der Waals surface area contributed by atoms with Crippen LogP contribution in [0, 0.1) is 5.82 Å². The van der Waals surface area contributed by atoms with Gasteiger partial charge in [0.1, 0.15) is 17.1 Å². The number of ether oxygens (including phenoxy) is 1. The lowest BCUT2D eigenvalue weighted by atomic mass is 9.96. The van der Waals surface area contributed by atoms with Gasteiger partial charge in [-0.1, -0.05) is 54.1 Å². The van der Waals surface area contributed by atoms with Crippen LogP contribution in [0.3, 0.4) is 0 Å². The van der Waals surface area contributed by atoms with Crippen molar-refractivity contribution >= 4 is 50.5 Å². The highest BCUT2D eigenvalue weighted by atomic mass is 35.5. The minimum absolute atomic E-state index is 0.0569. The van der Waals surface area contributed by atoms with Gasteiger partial charge < -0.3 is 14.5 Å². The molecule has 5 aromatic rings. The third-order valence-corrected chi connectivity index (χ3v) is 6.30. The van der Waals surface area contributed by atoms with Crippen molar-refractivity contribution in [2.75, 3.05) is 11.9 Å². The zero-order chi connectivity index (χ0) is 25.2. The lowest BCUT2D eigenvalue weighted by Crippen LogP contribution is -2.09. The summed E-state index contributed by atoms with van der Waals surface area (Å²) in [6, 6.07) is 22.3. The SMILES string of the molecule is CCOc1cc2occ(-c3cccc4ccccc34)c2cc1/C(C)=C/C(=O)Nc1ccc(F)c(Cl)c1. The van der Waals surface area contributed by atoms with Crippen molar-refractivity contribution in [1.82, 2.24) is 0 Å². The van der Waals surface area contributed by atoms with Crippen LogP contribution >= 0.6 is 11.6 Å². The van der Waals surface area contributed by atoms with E-state index in [9.17, 15) is 9.18 Å². The minimum Gasteiger partial charge on any atom is -0.493 e. The summed E-state index contributed by atoms with van der Waals surface area (Å²) in [6.45, 7) is 4.21. The Kier molecular flexibility index (Phi) is 6.49. The van der Waals surface area contributed by atoms with E-state index in [1.807, 2.05) is 44.2 Å². The van der Waals surface area contributed by atoms with E-state index in [1.165, 1.54) is 24.3 Å². The topological polar surface area (TPSA) is 51.5 Å². The van der Waals surface area contributed by atoms with E-state index in [4.69, 9.17) is 20.8 Å². The Morgan fingerprint density at radius 2 is 1.83 bits per heavy atom. The summed E-state index contributed by atoms with van der Waals surface area (Å²) >= 11 is 5.83. The molecule has 1 aromatic heterocycles. The molecule has 0 aliphatic rings. The molecule has 0 radical (unpaired) electrons. The molecule has 0 bridgehead atoms. The molecule has 180 valence electrons. The number of nitrogens with one attached hydrogen (secondary N) is 1. The molecular weight excluding hydrogens is 477 g/mol. The van der Waals surface area contributed by atoms with E-state index in [0.29, 0.717) is 29.2 Å². The van der Waals surface area contributed by atoms with Crippen LogP contribution in [0.15, 0.2) is 89.6 Å². The second-order valence-electron chi connectivity index (χ2n) is 8.40. The molecule has 6 heteroatoms. The van der Waals surface area contributed by atoms with E-state index < -0.39 is 5.82 Å². The van der Waals surface area contributed by atoms with Gasteiger partial charge >= 0.3 is 0 Å². The van der Waals surface area contributed by atoms with Crippen LogP contribution in [0.2, 0.25) is 5.02 Å². The largest absolute Gasteiger partial charge is 0.493 e. The van der Waals surface area contributed by atoms with E-state index >= 15 is 0 Å². The fourth-order valence-corrected chi connectivity index (χ4v) is 4.51. The number of furan rings is 1. The molecule has 4 nitrogen and oxygen atoms in total. The van der Waals surface area contributed by atoms with E-state index in [1.54, 1.807) is 6.26 Å². The Balaban J connectivity index is 1.56. The lowest BCUT2D eigenvalue weighted by Gasteiger charge is -2.12. The van der Waals surface area contributed by atoms with E-state index in [2.05, 4.69) is 29.6 Å². The van der Waals surface area contributed by atoms with Gasteiger partial charge in [-0.2, -0.15) is 0 Å². The summed E-state index contributed by atoms with van der Waals surface area (Å²) in [5.41, 5.74) is 4.61. The van der Waals surface area contributed by atoms with Gasteiger partial charge in [0.15, 0.2) is 0 Å². The maximum absolute atomic E-state index is 13.4. The Bertz CT molecular complexity index is 1630. The first-order valence-corrected chi connectivity index (χ1v) is 11.9. The summed E-state index contributed by atoms with van der Waals surface area (Å²) < 4.78 is 25.3. The highest BCUT2D eigenvalue weighted by molar-refractivity contribution is 6.31. The molecular formula is C30H23ClFNO3. The van der Waals surface area contributed by atoms with Gasteiger partial charge in [0, 0.05) is 34.3 Å². The Morgan fingerprint density at radius 3 is 2.64 bits per heavy atom. The molecule has 0 aliphatic heterocycles. The first-order valence-electron chi connectivity index (χ1n) is 11.6. The molecule has 0 spiro atoms. The quantitative estimate of drug-likeness (QED) is 0.238. The molecule has 0 unspecified atom stereocenters. The molecule has 0 saturated heterocycles. The van der Waals surface area contributed by atoms with Crippen LogP contribution in [0.5, 0.6) is 5.75 Å². The predicted molar refractivity (Wildman–Crippen MR) is 144 cm³/mol. The number of anilines is 1. The Labute approximate surface area is 212 Å². The van der Waals surface area contributed by atoms with Gasteiger partial charge in [0.25, 0.3) is 0 Å². The summed E-state index contributed by atoms with van der Waals surface area (Å²) in [6.07, 6.45) is 3.24. The average Bonchev–Trinajstić information content (AvgIpc) is 3.28. The lowest BCUT2D eigenvalue weighted by molar-refractivity contribution is -0.111. The van der Waals surface area contributed by atoms with Crippen LogP contribution in [0.4, 0.5) is 10.1 Å². The molecule has 0 fully saturated rings. The van der Waals surface area contributed by atoms with Crippen molar-refractivity contribution in [3.63, 3.8) is 0 Å².